The van der Waals surface area contributed by atoms with Crippen molar-refractivity contribution in [2.45, 2.75) is 26.2 Å². The lowest BCUT2D eigenvalue weighted by Crippen LogP contribution is -2.33. The molecule has 14 heavy (non-hydrogen) atoms. The van der Waals surface area contributed by atoms with E-state index in [9.17, 15) is 0 Å². The van der Waals surface area contributed by atoms with Gasteiger partial charge >= 0.3 is 0 Å². The minimum absolute atomic E-state index is 0.817. The zero-order valence-electron chi connectivity index (χ0n) is 8.57. The predicted octanol–water partition coefficient (Wildman–Crippen LogP) is 2.35. The van der Waals surface area contributed by atoms with Crippen molar-refractivity contribution in [2.24, 2.45) is 5.92 Å². The minimum atomic E-state index is 0.817. The number of nitrogens with two attached hydrogens (primary N) is 1. The summed E-state index contributed by atoms with van der Waals surface area (Å²) in [6.45, 7) is 4.57. The van der Waals surface area contributed by atoms with Crippen LogP contribution < -0.4 is 10.6 Å². The van der Waals surface area contributed by atoms with Crippen molar-refractivity contribution in [3.8, 4) is 0 Å². The number of nitrogens with zero attached hydrogens (tertiary/aromatic N) is 2. The number of hydrogen-bond donors (Lipinski definition) is 1. The molecule has 0 atom stereocenters. The lowest BCUT2D eigenvalue weighted by atomic mass is 9.95. The first kappa shape index (κ1) is 9.77. The van der Waals surface area contributed by atoms with E-state index in [0.717, 1.165) is 29.1 Å². The van der Waals surface area contributed by atoms with Crippen molar-refractivity contribution in [3.63, 3.8) is 0 Å². The Balaban J connectivity index is 1.95. The summed E-state index contributed by atoms with van der Waals surface area (Å²) in [5.41, 5.74) is 5.67. The fourth-order valence-corrected chi connectivity index (χ4v) is 2.69. The summed E-state index contributed by atoms with van der Waals surface area (Å²) in [4.78, 5) is 6.66. The summed E-state index contributed by atoms with van der Waals surface area (Å²) in [6, 6.07) is 0. The van der Waals surface area contributed by atoms with Gasteiger partial charge in [0, 0.05) is 13.1 Å². The monoisotopic (exact) mass is 211 g/mol. The number of anilines is 2. The molecule has 0 aromatic carbocycles. The summed E-state index contributed by atoms with van der Waals surface area (Å²) < 4.78 is 0. The van der Waals surface area contributed by atoms with E-state index in [1.165, 1.54) is 19.3 Å². The number of aromatic nitrogens is 1. The molecule has 2 N–H and O–H groups in total. The van der Waals surface area contributed by atoms with Gasteiger partial charge in [-0.2, -0.15) is 0 Å². The summed E-state index contributed by atoms with van der Waals surface area (Å²) in [7, 11) is 0. The van der Waals surface area contributed by atoms with Gasteiger partial charge in [-0.1, -0.05) is 24.7 Å². The molecule has 2 heterocycles. The number of nitrogen functional groups attached to an aromatic ring is 1. The molecule has 0 spiro atoms. The molecule has 1 fully saturated rings. The largest absolute Gasteiger partial charge is 0.389 e. The highest BCUT2D eigenvalue weighted by molar-refractivity contribution is 7.19. The number of hydrogen-bond acceptors (Lipinski definition) is 4. The van der Waals surface area contributed by atoms with Gasteiger partial charge in [0.15, 0.2) is 5.13 Å². The van der Waals surface area contributed by atoms with Crippen molar-refractivity contribution in [1.82, 2.24) is 4.98 Å². The molecule has 1 aliphatic rings. The Morgan fingerprint density at radius 1 is 1.57 bits per heavy atom. The number of rotatable bonds is 2. The van der Waals surface area contributed by atoms with E-state index in [1.807, 2.05) is 0 Å². The van der Waals surface area contributed by atoms with E-state index in [2.05, 4.69) is 16.8 Å². The lowest BCUT2D eigenvalue weighted by Gasteiger charge is -2.31. The van der Waals surface area contributed by atoms with Crippen LogP contribution in [-0.2, 0) is 0 Å². The summed E-state index contributed by atoms with van der Waals surface area (Å²) in [5, 5.41) is 1.91. The molecule has 1 aromatic rings. The molecule has 2 rings (SSSR count). The Morgan fingerprint density at radius 2 is 2.29 bits per heavy atom. The average molecular weight is 211 g/mol. The van der Waals surface area contributed by atoms with Crippen LogP contribution in [0.5, 0.6) is 0 Å². The van der Waals surface area contributed by atoms with Crippen LogP contribution in [0.25, 0.3) is 0 Å². The Morgan fingerprint density at radius 3 is 2.79 bits per heavy atom. The molecular weight excluding hydrogens is 194 g/mol. The Kier molecular flexibility index (Phi) is 2.91. The van der Waals surface area contributed by atoms with Crippen molar-refractivity contribution in [1.29, 1.82) is 0 Å². The molecule has 1 saturated heterocycles. The zero-order valence-corrected chi connectivity index (χ0v) is 9.39. The zero-order chi connectivity index (χ0) is 9.97. The van der Waals surface area contributed by atoms with E-state index in [0.29, 0.717) is 0 Å². The maximum absolute atomic E-state index is 5.67. The quantitative estimate of drug-likeness (QED) is 0.816. The molecule has 1 aliphatic heterocycles. The van der Waals surface area contributed by atoms with Gasteiger partial charge in [0.1, 0.15) is 5.00 Å². The molecule has 1 aromatic heterocycles. The molecule has 3 nitrogen and oxygen atoms in total. The molecule has 0 unspecified atom stereocenters. The van der Waals surface area contributed by atoms with Gasteiger partial charge in [0.05, 0.1) is 6.20 Å². The van der Waals surface area contributed by atoms with Crippen LogP contribution in [0.2, 0.25) is 0 Å². The SMILES string of the molecule is CCC1CCN(c2ncc(N)s2)CC1. The molecular formula is C10H17N3S. The van der Waals surface area contributed by atoms with Crippen LogP contribution in [0.1, 0.15) is 26.2 Å². The van der Waals surface area contributed by atoms with Crippen molar-refractivity contribution in [3.05, 3.63) is 6.20 Å². The molecule has 0 bridgehead atoms. The molecule has 0 saturated carbocycles. The fourth-order valence-electron chi connectivity index (χ4n) is 1.96. The van der Waals surface area contributed by atoms with Gasteiger partial charge in [-0.05, 0) is 18.8 Å². The van der Waals surface area contributed by atoms with Crippen molar-refractivity contribution < 1.29 is 0 Å². The van der Waals surface area contributed by atoms with Gasteiger partial charge in [-0.3, -0.25) is 0 Å². The highest BCUT2D eigenvalue weighted by atomic mass is 32.1. The van der Waals surface area contributed by atoms with E-state index in [1.54, 1.807) is 17.5 Å². The van der Waals surface area contributed by atoms with Crippen LogP contribution in [0.4, 0.5) is 10.1 Å². The van der Waals surface area contributed by atoms with E-state index in [4.69, 9.17) is 5.73 Å². The first-order chi connectivity index (χ1) is 6.79. The van der Waals surface area contributed by atoms with Gasteiger partial charge in [-0.25, -0.2) is 4.98 Å². The molecule has 4 heteroatoms. The second-order valence-electron chi connectivity index (χ2n) is 3.88. The lowest BCUT2D eigenvalue weighted by molar-refractivity contribution is 0.395. The predicted molar refractivity (Wildman–Crippen MR) is 61.8 cm³/mol. The Labute approximate surface area is 88.9 Å². The van der Waals surface area contributed by atoms with Gasteiger partial charge < -0.3 is 10.6 Å². The third-order valence-corrected chi connectivity index (χ3v) is 3.86. The van der Waals surface area contributed by atoms with Gasteiger partial charge in [0.25, 0.3) is 0 Å². The van der Waals surface area contributed by atoms with Crippen LogP contribution in [0.3, 0.4) is 0 Å². The maximum Gasteiger partial charge on any atom is 0.187 e. The smallest absolute Gasteiger partial charge is 0.187 e. The maximum atomic E-state index is 5.67. The third kappa shape index (κ3) is 2.00. The Bertz CT molecular complexity index is 289. The highest BCUT2D eigenvalue weighted by Crippen LogP contribution is 2.29. The summed E-state index contributed by atoms with van der Waals surface area (Å²) >= 11 is 1.60. The van der Waals surface area contributed by atoms with Crippen molar-refractivity contribution in [2.75, 3.05) is 23.7 Å². The standard InChI is InChI=1S/C10H17N3S/c1-2-8-3-5-13(6-4-8)10-12-7-9(11)14-10/h7-8H,2-6,11H2,1H3. The van der Waals surface area contributed by atoms with Gasteiger partial charge in [-0.15, -0.1) is 0 Å². The number of piperidine rings is 1. The second kappa shape index (κ2) is 4.17. The van der Waals surface area contributed by atoms with Crippen molar-refractivity contribution >= 4 is 21.5 Å². The normalized spacial score (nSPS) is 18.8. The number of thiazole rings is 1. The minimum Gasteiger partial charge on any atom is -0.389 e. The van der Waals surface area contributed by atoms with E-state index < -0.39 is 0 Å². The average Bonchev–Trinajstić information content (AvgIpc) is 2.65. The highest BCUT2D eigenvalue weighted by Gasteiger charge is 2.19. The molecule has 78 valence electrons. The molecule has 0 amide bonds. The first-order valence-electron chi connectivity index (χ1n) is 5.26. The van der Waals surface area contributed by atoms with Crippen LogP contribution in [0, 0.1) is 5.92 Å². The van der Waals surface area contributed by atoms with Crippen LogP contribution in [-0.4, -0.2) is 18.1 Å². The first-order valence-corrected chi connectivity index (χ1v) is 6.07. The third-order valence-electron chi connectivity index (χ3n) is 2.97. The van der Waals surface area contributed by atoms with E-state index >= 15 is 0 Å². The van der Waals surface area contributed by atoms with Gasteiger partial charge in [0.2, 0.25) is 0 Å². The van der Waals surface area contributed by atoms with Crippen LogP contribution >= 0.6 is 11.3 Å². The fraction of sp³-hybridized carbons (Fsp3) is 0.700. The summed E-state index contributed by atoms with van der Waals surface area (Å²) in [5.74, 6) is 0.920. The second-order valence-corrected chi connectivity index (χ2v) is 4.92. The summed E-state index contributed by atoms with van der Waals surface area (Å²) in [6.07, 6.45) is 5.67. The molecule has 0 radical (unpaired) electrons. The topological polar surface area (TPSA) is 42.2 Å². The molecule has 0 aliphatic carbocycles. The van der Waals surface area contributed by atoms with Crippen LogP contribution in [0.15, 0.2) is 6.20 Å². The van der Waals surface area contributed by atoms with E-state index in [-0.39, 0.29) is 0 Å². The Hall–Kier alpha value is -0.770.